The van der Waals surface area contributed by atoms with Gasteiger partial charge in [0.1, 0.15) is 5.82 Å². The number of nitrogens with one attached hydrogen (secondary N) is 2. The minimum absolute atomic E-state index is 0.0361. The molecule has 94 valence electrons. The van der Waals surface area contributed by atoms with Crippen LogP contribution in [0.25, 0.3) is 10.9 Å². The topological polar surface area (TPSA) is 57.8 Å². The number of thioether (sulfide) groups is 1. The molecule has 0 spiro atoms. The molecule has 0 bridgehead atoms. The van der Waals surface area contributed by atoms with E-state index in [-0.39, 0.29) is 5.56 Å². The second-order valence-electron chi connectivity index (χ2n) is 4.57. The molecule has 1 saturated heterocycles. The quantitative estimate of drug-likeness (QED) is 0.877. The third-order valence-corrected chi connectivity index (χ3v) is 4.43. The molecule has 3 rings (SSSR count). The van der Waals surface area contributed by atoms with Crippen molar-refractivity contribution >= 4 is 22.7 Å². The first-order chi connectivity index (χ1) is 8.74. The van der Waals surface area contributed by atoms with Gasteiger partial charge in [-0.2, -0.15) is 0 Å². The van der Waals surface area contributed by atoms with Crippen LogP contribution in [0.1, 0.15) is 11.4 Å². The number of benzene rings is 1. The Morgan fingerprint density at radius 3 is 3.00 bits per heavy atom. The number of aryl methyl sites for hydroxylation is 1. The Morgan fingerprint density at radius 1 is 1.44 bits per heavy atom. The van der Waals surface area contributed by atoms with Gasteiger partial charge in [0.15, 0.2) is 0 Å². The standard InChI is InChI=1S/C13H15N3OS/c1-8-3-2-4-10-12(8)15-11(16-13(10)17)7-18-9-5-14-6-9/h2-4,9,14H,5-7H2,1H3,(H,15,16,17). The number of hydrogen-bond donors (Lipinski definition) is 2. The molecule has 1 aromatic heterocycles. The molecule has 4 nitrogen and oxygen atoms in total. The predicted octanol–water partition coefficient (Wildman–Crippen LogP) is 1.44. The minimum Gasteiger partial charge on any atom is -0.314 e. The molecule has 2 N–H and O–H groups in total. The molecule has 5 heteroatoms. The number of H-pyrrole nitrogens is 1. The molecule has 0 saturated carbocycles. The fourth-order valence-corrected chi connectivity index (χ4v) is 3.00. The summed E-state index contributed by atoms with van der Waals surface area (Å²) in [5.41, 5.74) is 1.84. The molecule has 0 aliphatic carbocycles. The first kappa shape index (κ1) is 11.7. The lowest BCUT2D eigenvalue weighted by Gasteiger charge is -2.26. The van der Waals surface area contributed by atoms with E-state index >= 15 is 0 Å². The maximum Gasteiger partial charge on any atom is 0.258 e. The zero-order valence-corrected chi connectivity index (χ0v) is 11.0. The summed E-state index contributed by atoms with van der Waals surface area (Å²) in [5, 5.41) is 4.56. The van der Waals surface area contributed by atoms with Gasteiger partial charge in [-0.15, -0.1) is 11.8 Å². The van der Waals surface area contributed by atoms with E-state index in [4.69, 9.17) is 0 Å². The smallest absolute Gasteiger partial charge is 0.258 e. The number of aromatic nitrogens is 2. The molecule has 0 amide bonds. The number of aromatic amines is 1. The van der Waals surface area contributed by atoms with Gasteiger partial charge in [0.05, 0.1) is 16.7 Å². The highest BCUT2D eigenvalue weighted by molar-refractivity contribution is 7.99. The Kier molecular flexibility index (Phi) is 3.09. The zero-order chi connectivity index (χ0) is 12.5. The molecular weight excluding hydrogens is 246 g/mol. The summed E-state index contributed by atoms with van der Waals surface area (Å²) in [6, 6.07) is 5.70. The summed E-state index contributed by atoms with van der Waals surface area (Å²) >= 11 is 1.84. The van der Waals surface area contributed by atoms with Crippen LogP contribution in [-0.4, -0.2) is 28.3 Å². The van der Waals surface area contributed by atoms with Crippen LogP contribution in [0.5, 0.6) is 0 Å². The summed E-state index contributed by atoms with van der Waals surface area (Å²) in [6.07, 6.45) is 0. The van der Waals surface area contributed by atoms with E-state index in [1.807, 2.05) is 36.9 Å². The third kappa shape index (κ3) is 2.15. The third-order valence-electron chi connectivity index (χ3n) is 3.19. The van der Waals surface area contributed by atoms with Gasteiger partial charge >= 0.3 is 0 Å². The van der Waals surface area contributed by atoms with Crippen molar-refractivity contribution in [3.63, 3.8) is 0 Å². The maximum atomic E-state index is 12.0. The zero-order valence-electron chi connectivity index (χ0n) is 10.2. The Balaban J connectivity index is 1.93. The van der Waals surface area contributed by atoms with Gasteiger partial charge in [-0.05, 0) is 18.6 Å². The van der Waals surface area contributed by atoms with Gasteiger partial charge in [0.25, 0.3) is 5.56 Å². The van der Waals surface area contributed by atoms with Crippen LogP contribution >= 0.6 is 11.8 Å². The van der Waals surface area contributed by atoms with Crippen molar-refractivity contribution in [1.29, 1.82) is 0 Å². The fraction of sp³-hybridized carbons (Fsp3) is 0.385. The lowest BCUT2D eigenvalue weighted by atomic mass is 10.1. The Morgan fingerprint density at radius 2 is 2.28 bits per heavy atom. The van der Waals surface area contributed by atoms with Gasteiger partial charge in [-0.1, -0.05) is 12.1 Å². The van der Waals surface area contributed by atoms with Crippen LogP contribution in [0.2, 0.25) is 0 Å². The Hall–Kier alpha value is -1.33. The summed E-state index contributed by atoms with van der Waals surface area (Å²) in [5.74, 6) is 1.55. The number of para-hydroxylation sites is 1. The van der Waals surface area contributed by atoms with E-state index in [0.717, 1.165) is 35.7 Å². The van der Waals surface area contributed by atoms with Crippen LogP contribution in [0.4, 0.5) is 0 Å². The minimum atomic E-state index is -0.0361. The number of nitrogens with zero attached hydrogens (tertiary/aromatic N) is 1. The van der Waals surface area contributed by atoms with E-state index in [1.54, 1.807) is 0 Å². The van der Waals surface area contributed by atoms with Crippen molar-refractivity contribution in [1.82, 2.24) is 15.3 Å². The molecule has 18 heavy (non-hydrogen) atoms. The molecule has 1 aromatic carbocycles. The van der Waals surface area contributed by atoms with E-state index in [1.165, 1.54) is 0 Å². The van der Waals surface area contributed by atoms with Crippen LogP contribution in [-0.2, 0) is 5.75 Å². The van der Waals surface area contributed by atoms with Crippen molar-refractivity contribution in [2.45, 2.75) is 17.9 Å². The van der Waals surface area contributed by atoms with E-state index in [9.17, 15) is 4.79 Å². The molecular formula is C13H15N3OS. The van der Waals surface area contributed by atoms with Crippen LogP contribution < -0.4 is 10.9 Å². The molecule has 0 atom stereocenters. The van der Waals surface area contributed by atoms with Crippen LogP contribution in [0.3, 0.4) is 0 Å². The number of hydrogen-bond acceptors (Lipinski definition) is 4. The lowest BCUT2D eigenvalue weighted by molar-refractivity contribution is 0.543. The Labute approximate surface area is 109 Å². The lowest BCUT2D eigenvalue weighted by Crippen LogP contribution is -2.44. The molecule has 0 unspecified atom stereocenters. The normalized spacial score (nSPS) is 15.8. The average molecular weight is 261 g/mol. The van der Waals surface area contributed by atoms with Crippen LogP contribution in [0, 0.1) is 6.92 Å². The highest BCUT2D eigenvalue weighted by atomic mass is 32.2. The average Bonchev–Trinajstić information content (AvgIpc) is 2.29. The van der Waals surface area contributed by atoms with E-state index in [0.29, 0.717) is 10.6 Å². The van der Waals surface area contributed by atoms with Crippen molar-refractivity contribution in [2.24, 2.45) is 0 Å². The maximum absolute atomic E-state index is 12.0. The molecule has 1 fully saturated rings. The van der Waals surface area contributed by atoms with Crippen molar-refractivity contribution in [3.8, 4) is 0 Å². The SMILES string of the molecule is Cc1cccc2c(=O)[nH]c(CSC3CNC3)nc12. The first-order valence-corrected chi connectivity index (χ1v) is 7.10. The molecule has 2 aromatic rings. The van der Waals surface area contributed by atoms with Gasteiger partial charge < -0.3 is 10.3 Å². The Bertz CT molecular complexity index is 634. The molecule has 0 radical (unpaired) electrons. The largest absolute Gasteiger partial charge is 0.314 e. The van der Waals surface area contributed by atoms with Crippen LogP contribution in [0.15, 0.2) is 23.0 Å². The highest BCUT2D eigenvalue weighted by Gasteiger charge is 2.17. The number of rotatable bonds is 3. The first-order valence-electron chi connectivity index (χ1n) is 6.05. The summed E-state index contributed by atoms with van der Waals surface area (Å²) in [6.45, 7) is 4.10. The molecule has 2 heterocycles. The monoisotopic (exact) mass is 261 g/mol. The van der Waals surface area contributed by atoms with E-state index in [2.05, 4.69) is 15.3 Å². The van der Waals surface area contributed by atoms with E-state index < -0.39 is 0 Å². The second-order valence-corrected chi connectivity index (χ2v) is 5.86. The van der Waals surface area contributed by atoms with Gasteiger partial charge in [-0.25, -0.2) is 4.98 Å². The molecule has 1 aliphatic heterocycles. The second kappa shape index (κ2) is 4.74. The van der Waals surface area contributed by atoms with Gasteiger partial charge in [0, 0.05) is 18.3 Å². The summed E-state index contributed by atoms with van der Waals surface area (Å²) < 4.78 is 0. The number of fused-ring (bicyclic) bond motifs is 1. The summed E-state index contributed by atoms with van der Waals surface area (Å²) in [4.78, 5) is 19.4. The van der Waals surface area contributed by atoms with Gasteiger partial charge in [-0.3, -0.25) is 4.79 Å². The van der Waals surface area contributed by atoms with Gasteiger partial charge in [0.2, 0.25) is 0 Å². The van der Waals surface area contributed by atoms with Crippen molar-refractivity contribution in [3.05, 3.63) is 39.9 Å². The summed E-state index contributed by atoms with van der Waals surface area (Å²) in [7, 11) is 0. The molecule has 1 aliphatic rings. The highest BCUT2D eigenvalue weighted by Crippen LogP contribution is 2.19. The van der Waals surface area contributed by atoms with Crippen molar-refractivity contribution in [2.75, 3.05) is 13.1 Å². The fourth-order valence-electron chi connectivity index (χ4n) is 2.00. The predicted molar refractivity (Wildman–Crippen MR) is 75.1 cm³/mol. The van der Waals surface area contributed by atoms with Crippen molar-refractivity contribution < 1.29 is 0 Å².